The highest BCUT2D eigenvalue weighted by Gasteiger charge is 2.32. The van der Waals surface area contributed by atoms with Crippen molar-refractivity contribution in [1.29, 1.82) is 0 Å². The average molecular weight is 317 g/mol. The van der Waals surface area contributed by atoms with Crippen molar-refractivity contribution in [3.05, 3.63) is 0 Å². The van der Waals surface area contributed by atoms with Crippen LogP contribution in [0.2, 0.25) is 0 Å². The Hall–Kier alpha value is -0.660. The van der Waals surface area contributed by atoms with Gasteiger partial charge in [-0.3, -0.25) is 4.79 Å². The number of hydrogen-bond donors (Lipinski definition) is 2. The highest BCUT2D eigenvalue weighted by Crippen LogP contribution is 2.30. The average Bonchev–Trinajstić information content (AvgIpc) is 2.45. The van der Waals surface area contributed by atoms with Gasteiger partial charge >= 0.3 is 0 Å². The number of carbonyl (C=O) groups excluding carboxylic acids is 1. The second-order valence-electron chi connectivity index (χ2n) is 6.47. The molecule has 7 heteroatoms. The predicted octanol–water partition coefficient (Wildman–Crippen LogP) is 0.292. The Labute approximate surface area is 127 Å². The first kappa shape index (κ1) is 16.7. The van der Waals surface area contributed by atoms with Gasteiger partial charge in [-0.15, -0.1) is 0 Å². The molecule has 2 rings (SSSR count). The fraction of sp³-hybridized carbons (Fsp3) is 0.929. The van der Waals surface area contributed by atoms with Crippen molar-refractivity contribution in [2.75, 3.05) is 25.9 Å². The van der Waals surface area contributed by atoms with Crippen molar-refractivity contribution < 1.29 is 13.2 Å². The maximum absolute atomic E-state index is 12.6. The number of piperidine rings is 1. The highest BCUT2D eigenvalue weighted by atomic mass is 32.2. The van der Waals surface area contributed by atoms with E-state index in [2.05, 4.69) is 4.72 Å². The van der Waals surface area contributed by atoms with E-state index in [4.69, 9.17) is 5.73 Å². The molecule has 1 amide bonds. The van der Waals surface area contributed by atoms with E-state index in [0.29, 0.717) is 19.0 Å². The summed E-state index contributed by atoms with van der Waals surface area (Å²) in [5.41, 5.74) is 5.68. The number of nitrogens with one attached hydrogen (secondary N) is 1. The second kappa shape index (κ2) is 7.07. The molecule has 2 fully saturated rings. The molecule has 1 saturated carbocycles. The first-order chi connectivity index (χ1) is 9.89. The molecule has 1 atom stereocenters. The minimum absolute atomic E-state index is 0.102. The Morgan fingerprint density at radius 1 is 1.24 bits per heavy atom. The van der Waals surface area contributed by atoms with E-state index in [1.807, 2.05) is 4.90 Å². The van der Waals surface area contributed by atoms with Crippen LogP contribution < -0.4 is 10.5 Å². The predicted molar refractivity (Wildman–Crippen MR) is 82.1 cm³/mol. The molecule has 6 nitrogen and oxygen atoms in total. The maximum Gasteiger partial charge on any atom is 0.225 e. The van der Waals surface area contributed by atoms with Gasteiger partial charge in [0.05, 0.1) is 6.26 Å². The fourth-order valence-corrected chi connectivity index (χ4v) is 4.28. The molecule has 1 aliphatic carbocycles. The van der Waals surface area contributed by atoms with Gasteiger partial charge in [0.25, 0.3) is 0 Å². The topological polar surface area (TPSA) is 92.5 Å². The van der Waals surface area contributed by atoms with Gasteiger partial charge in [0.15, 0.2) is 0 Å². The summed E-state index contributed by atoms with van der Waals surface area (Å²) in [5.74, 6) is 0.866. The van der Waals surface area contributed by atoms with E-state index in [0.717, 1.165) is 45.1 Å². The van der Waals surface area contributed by atoms with Crippen molar-refractivity contribution >= 4 is 15.9 Å². The maximum atomic E-state index is 12.6. The first-order valence-corrected chi connectivity index (χ1v) is 9.74. The minimum Gasteiger partial charge on any atom is -0.341 e. The number of nitrogens with zero attached hydrogens (tertiary/aromatic N) is 1. The molecule has 0 aromatic heterocycles. The molecular formula is C14H27N3O3S. The molecule has 1 unspecified atom stereocenters. The summed E-state index contributed by atoms with van der Waals surface area (Å²) in [6.45, 7) is 1.96. The number of carbonyl (C=O) groups is 1. The fourth-order valence-electron chi connectivity index (χ4n) is 3.48. The molecule has 122 valence electrons. The summed E-state index contributed by atoms with van der Waals surface area (Å²) in [6.07, 6.45) is 6.73. The molecule has 2 aliphatic rings. The van der Waals surface area contributed by atoms with E-state index in [-0.39, 0.29) is 17.9 Å². The molecular weight excluding hydrogens is 290 g/mol. The molecule has 0 aromatic carbocycles. The third kappa shape index (κ3) is 4.93. The lowest BCUT2D eigenvalue weighted by atomic mass is 9.81. The SMILES string of the molecule is CS(=O)(=O)NC1CCCN(C(=O)C2CCC(CN)CC2)C1. The lowest BCUT2D eigenvalue weighted by Gasteiger charge is -2.36. The largest absolute Gasteiger partial charge is 0.341 e. The normalized spacial score (nSPS) is 31.1. The first-order valence-electron chi connectivity index (χ1n) is 7.85. The number of likely N-dealkylation sites (tertiary alicyclic amines) is 1. The number of sulfonamides is 1. The Morgan fingerprint density at radius 3 is 2.48 bits per heavy atom. The smallest absolute Gasteiger partial charge is 0.225 e. The lowest BCUT2D eigenvalue weighted by Crippen LogP contribution is -2.51. The van der Waals surface area contributed by atoms with Crippen LogP contribution in [-0.2, 0) is 14.8 Å². The van der Waals surface area contributed by atoms with Gasteiger partial charge in [-0.1, -0.05) is 0 Å². The molecule has 3 N–H and O–H groups in total. The quantitative estimate of drug-likeness (QED) is 0.779. The summed E-state index contributed by atoms with van der Waals surface area (Å²) in [7, 11) is -3.21. The van der Waals surface area contributed by atoms with Crippen LogP contribution in [0.4, 0.5) is 0 Å². The third-order valence-electron chi connectivity index (χ3n) is 4.64. The van der Waals surface area contributed by atoms with Crippen LogP contribution in [0.1, 0.15) is 38.5 Å². The molecule has 1 heterocycles. The van der Waals surface area contributed by atoms with Crippen LogP contribution in [0.5, 0.6) is 0 Å². The molecule has 0 radical (unpaired) electrons. The Balaban J connectivity index is 1.87. The number of nitrogens with two attached hydrogens (primary N) is 1. The van der Waals surface area contributed by atoms with E-state index >= 15 is 0 Å². The molecule has 0 aromatic rings. The van der Waals surface area contributed by atoms with Crippen molar-refractivity contribution in [1.82, 2.24) is 9.62 Å². The molecule has 0 bridgehead atoms. The molecule has 0 spiro atoms. The third-order valence-corrected chi connectivity index (χ3v) is 5.40. The van der Waals surface area contributed by atoms with Crippen LogP contribution in [0.3, 0.4) is 0 Å². The van der Waals surface area contributed by atoms with Crippen molar-refractivity contribution in [2.45, 2.75) is 44.6 Å². The zero-order valence-electron chi connectivity index (χ0n) is 12.8. The van der Waals surface area contributed by atoms with Crippen molar-refractivity contribution in [3.8, 4) is 0 Å². The molecule has 21 heavy (non-hydrogen) atoms. The summed E-state index contributed by atoms with van der Waals surface area (Å²) in [6, 6.07) is -0.141. The summed E-state index contributed by atoms with van der Waals surface area (Å²) >= 11 is 0. The van der Waals surface area contributed by atoms with Gasteiger partial charge < -0.3 is 10.6 Å². The number of amides is 1. The standard InChI is InChI=1S/C14H27N3O3S/c1-21(19,20)16-13-3-2-8-17(10-13)14(18)12-6-4-11(9-15)5-7-12/h11-13,16H,2-10,15H2,1H3. The highest BCUT2D eigenvalue weighted by molar-refractivity contribution is 7.88. The summed E-state index contributed by atoms with van der Waals surface area (Å²) < 4.78 is 25.3. The van der Waals surface area contributed by atoms with Crippen LogP contribution in [0.25, 0.3) is 0 Å². The minimum atomic E-state index is -3.21. The van der Waals surface area contributed by atoms with Gasteiger partial charge in [0.2, 0.25) is 15.9 Å². The molecule has 1 aliphatic heterocycles. The van der Waals surface area contributed by atoms with E-state index in [9.17, 15) is 13.2 Å². The Kier molecular flexibility index (Phi) is 5.62. The van der Waals surface area contributed by atoms with Gasteiger partial charge in [-0.05, 0) is 51.0 Å². The monoisotopic (exact) mass is 317 g/mol. The zero-order valence-corrected chi connectivity index (χ0v) is 13.6. The lowest BCUT2D eigenvalue weighted by molar-refractivity contribution is -0.138. The van der Waals surface area contributed by atoms with Crippen molar-refractivity contribution in [3.63, 3.8) is 0 Å². The van der Waals surface area contributed by atoms with Crippen LogP contribution in [0.15, 0.2) is 0 Å². The van der Waals surface area contributed by atoms with Gasteiger partial charge in [0.1, 0.15) is 0 Å². The van der Waals surface area contributed by atoms with Crippen LogP contribution in [-0.4, -0.2) is 51.2 Å². The number of rotatable bonds is 4. The van der Waals surface area contributed by atoms with Crippen LogP contribution in [0, 0.1) is 11.8 Å². The van der Waals surface area contributed by atoms with E-state index in [1.165, 1.54) is 6.26 Å². The summed E-state index contributed by atoms with van der Waals surface area (Å²) in [4.78, 5) is 14.4. The zero-order chi connectivity index (χ0) is 15.5. The van der Waals surface area contributed by atoms with Gasteiger partial charge in [-0.25, -0.2) is 13.1 Å². The van der Waals surface area contributed by atoms with Gasteiger partial charge in [-0.2, -0.15) is 0 Å². The Morgan fingerprint density at radius 2 is 1.90 bits per heavy atom. The Bertz CT molecular complexity index is 458. The van der Waals surface area contributed by atoms with Crippen LogP contribution >= 0.6 is 0 Å². The van der Waals surface area contributed by atoms with Crippen molar-refractivity contribution in [2.24, 2.45) is 17.6 Å². The van der Waals surface area contributed by atoms with E-state index in [1.54, 1.807) is 0 Å². The van der Waals surface area contributed by atoms with Gasteiger partial charge in [0, 0.05) is 25.0 Å². The summed E-state index contributed by atoms with van der Waals surface area (Å²) in [5, 5.41) is 0. The molecule has 1 saturated heterocycles. The van der Waals surface area contributed by atoms with E-state index < -0.39 is 10.0 Å². The number of hydrogen-bond acceptors (Lipinski definition) is 4. The second-order valence-corrected chi connectivity index (χ2v) is 8.25.